The first kappa shape index (κ1) is 21.7. The number of thioether (sulfide) groups is 1. The second-order valence-electron chi connectivity index (χ2n) is 6.46. The third-order valence-corrected chi connectivity index (χ3v) is 5.67. The number of nitrogens with zero attached hydrogens (tertiary/aromatic N) is 2. The predicted octanol–water partition coefficient (Wildman–Crippen LogP) is 4.07. The third kappa shape index (κ3) is 5.13. The standard InChI is InChI=1S/C22H25N3O4S/c1-4-25-20(26)14-19(21(27)24-17-8-6-7-9-18(17)28-3)30-22(25)23-15-10-12-16(13-11-15)29-5-2/h6-13,19H,4-5,14H2,1-3H3,(H,24,27). The van der Waals surface area contributed by atoms with Crippen LogP contribution in [0.1, 0.15) is 20.3 Å². The van der Waals surface area contributed by atoms with E-state index < -0.39 is 5.25 Å². The van der Waals surface area contributed by atoms with Crippen LogP contribution in [0.15, 0.2) is 53.5 Å². The first-order valence-corrected chi connectivity index (χ1v) is 10.7. The van der Waals surface area contributed by atoms with Gasteiger partial charge in [0.25, 0.3) is 0 Å². The van der Waals surface area contributed by atoms with Gasteiger partial charge in [-0.25, -0.2) is 4.99 Å². The Balaban J connectivity index is 1.79. The highest BCUT2D eigenvalue weighted by Crippen LogP contribution is 2.31. The maximum atomic E-state index is 12.9. The molecule has 1 fully saturated rings. The van der Waals surface area contributed by atoms with Gasteiger partial charge in [0.2, 0.25) is 11.8 Å². The molecule has 0 saturated carbocycles. The number of para-hydroxylation sites is 2. The summed E-state index contributed by atoms with van der Waals surface area (Å²) in [6.07, 6.45) is 0.113. The number of nitrogens with one attached hydrogen (secondary N) is 1. The minimum Gasteiger partial charge on any atom is -0.495 e. The number of ether oxygens (including phenoxy) is 2. The molecule has 3 rings (SSSR count). The van der Waals surface area contributed by atoms with Gasteiger partial charge in [0.05, 0.1) is 25.1 Å². The van der Waals surface area contributed by atoms with Gasteiger partial charge in [-0.15, -0.1) is 0 Å². The maximum Gasteiger partial charge on any atom is 0.238 e. The second-order valence-corrected chi connectivity index (χ2v) is 7.63. The zero-order chi connectivity index (χ0) is 21.5. The van der Waals surface area contributed by atoms with Crippen LogP contribution in [0.2, 0.25) is 0 Å². The van der Waals surface area contributed by atoms with Crippen molar-refractivity contribution in [1.82, 2.24) is 4.90 Å². The number of aliphatic imine (C=N–C) groups is 1. The molecule has 0 bridgehead atoms. The number of carbonyl (C=O) groups is 2. The zero-order valence-corrected chi connectivity index (χ0v) is 18.1. The molecule has 0 aliphatic carbocycles. The van der Waals surface area contributed by atoms with Crippen molar-refractivity contribution >= 4 is 40.1 Å². The summed E-state index contributed by atoms with van der Waals surface area (Å²) in [5.41, 5.74) is 1.26. The summed E-state index contributed by atoms with van der Waals surface area (Å²) in [4.78, 5) is 31.7. The number of carbonyl (C=O) groups excluding carboxylic acids is 2. The average Bonchev–Trinajstić information content (AvgIpc) is 2.75. The molecule has 7 nitrogen and oxygen atoms in total. The minimum atomic E-state index is -0.577. The fourth-order valence-electron chi connectivity index (χ4n) is 3.01. The van der Waals surface area contributed by atoms with Crippen molar-refractivity contribution in [2.45, 2.75) is 25.5 Å². The number of methoxy groups -OCH3 is 1. The Morgan fingerprint density at radius 1 is 1.20 bits per heavy atom. The van der Waals surface area contributed by atoms with Crippen LogP contribution in [0.3, 0.4) is 0 Å². The zero-order valence-electron chi connectivity index (χ0n) is 17.3. The summed E-state index contributed by atoms with van der Waals surface area (Å²) < 4.78 is 10.7. The van der Waals surface area contributed by atoms with Crippen LogP contribution in [0, 0.1) is 0 Å². The van der Waals surface area contributed by atoms with Gasteiger partial charge in [0, 0.05) is 13.0 Å². The lowest BCUT2D eigenvalue weighted by Gasteiger charge is -2.31. The van der Waals surface area contributed by atoms with Gasteiger partial charge in [-0.05, 0) is 50.2 Å². The van der Waals surface area contributed by atoms with E-state index in [0.717, 1.165) is 5.75 Å². The predicted molar refractivity (Wildman–Crippen MR) is 120 cm³/mol. The Hall–Kier alpha value is -3.00. The molecule has 1 N–H and O–H groups in total. The fraction of sp³-hybridized carbons (Fsp3) is 0.318. The van der Waals surface area contributed by atoms with Gasteiger partial charge in [0.1, 0.15) is 16.7 Å². The molecule has 30 heavy (non-hydrogen) atoms. The van der Waals surface area contributed by atoms with Crippen molar-refractivity contribution in [3.63, 3.8) is 0 Å². The Morgan fingerprint density at radius 2 is 1.93 bits per heavy atom. The molecule has 158 valence electrons. The quantitative estimate of drug-likeness (QED) is 0.720. The molecular formula is C22H25N3O4S. The molecule has 2 amide bonds. The van der Waals surface area contributed by atoms with Crippen molar-refractivity contribution in [3.8, 4) is 11.5 Å². The van der Waals surface area contributed by atoms with Crippen molar-refractivity contribution in [3.05, 3.63) is 48.5 Å². The summed E-state index contributed by atoms with van der Waals surface area (Å²) in [5, 5.41) is 2.80. The summed E-state index contributed by atoms with van der Waals surface area (Å²) in [6.45, 7) is 4.89. The van der Waals surface area contributed by atoms with Crippen LogP contribution >= 0.6 is 11.8 Å². The molecule has 8 heteroatoms. The molecule has 1 saturated heterocycles. The normalized spacial score (nSPS) is 17.7. The molecule has 2 aromatic rings. The smallest absolute Gasteiger partial charge is 0.238 e. The number of anilines is 1. The summed E-state index contributed by atoms with van der Waals surface area (Å²) >= 11 is 1.29. The molecule has 1 atom stereocenters. The van der Waals surface area contributed by atoms with E-state index in [0.29, 0.717) is 35.4 Å². The highest BCUT2D eigenvalue weighted by Gasteiger charge is 2.35. The highest BCUT2D eigenvalue weighted by atomic mass is 32.2. The van der Waals surface area contributed by atoms with Crippen molar-refractivity contribution in [2.24, 2.45) is 4.99 Å². The van der Waals surface area contributed by atoms with Gasteiger partial charge in [-0.2, -0.15) is 0 Å². The van der Waals surface area contributed by atoms with Crippen LogP contribution in [0.25, 0.3) is 0 Å². The lowest BCUT2D eigenvalue weighted by atomic mass is 10.2. The largest absolute Gasteiger partial charge is 0.495 e. The Bertz CT molecular complexity index is 930. The number of hydrogen-bond acceptors (Lipinski definition) is 6. The molecule has 0 spiro atoms. The molecule has 0 radical (unpaired) electrons. The number of amides is 2. The van der Waals surface area contributed by atoms with E-state index in [9.17, 15) is 9.59 Å². The van der Waals surface area contributed by atoms with Crippen LogP contribution in [0.5, 0.6) is 11.5 Å². The summed E-state index contributed by atoms with van der Waals surface area (Å²) in [5.74, 6) is 0.945. The Kier molecular flexibility index (Phi) is 7.35. The Labute approximate surface area is 180 Å². The highest BCUT2D eigenvalue weighted by molar-refractivity contribution is 8.15. The second kappa shape index (κ2) is 10.2. The van der Waals surface area contributed by atoms with Crippen molar-refractivity contribution in [2.75, 3.05) is 25.6 Å². The topological polar surface area (TPSA) is 80.2 Å². The molecule has 1 heterocycles. The maximum absolute atomic E-state index is 12.9. The molecular weight excluding hydrogens is 402 g/mol. The first-order valence-electron chi connectivity index (χ1n) is 9.78. The van der Waals surface area contributed by atoms with E-state index in [2.05, 4.69) is 10.3 Å². The molecule has 0 aromatic heterocycles. The fourth-order valence-corrected chi connectivity index (χ4v) is 4.17. The van der Waals surface area contributed by atoms with Gasteiger partial charge in [-0.1, -0.05) is 23.9 Å². The van der Waals surface area contributed by atoms with Crippen LogP contribution in [-0.4, -0.2) is 47.4 Å². The van der Waals surface area contributed by atoms with Gasteiger partial charge >= 0.3 is 0 Å². The van der Waals surface area contributed by atoms with E-state index in [1.54, 1.807) is 24.1 Å². The van der Waals surface area contributed by atoms with Crippen LogP contribution in [-0.2, 0) is 9.59 Å². The van der Waals surface area contributed by atoms with E-state index in [4.69, 9.17) is 9.47 Å². The van der Waals surface area contributed by atoms with Crippen LogP contribution < -0.4 is 14.8 Å². The molecule has 1 aliphatic heterocycles. The van der Waals surface area contributed by atoms with E-state index >= 15 is 0 Å². The Morgan fingerprint density at radius 3 is 2.60 bits per heavy atom. The molecule has 1 aliphatic rings. The SMILES string of the molecule is CCOc1ccc(N=C2SC(C(=O)Nc3ccccc3OC)CC(=O)N2CC)cc1. The number of hydrogen-bond donors (Lipinski definition) is 1. The van der Waals surface area contributed by atoms with Gasteiger partial charge in [0.15, 0.2) is 5.17 Å². The van der Waals surface area contributed by atoms with Crippen molar-refractivity contribution in [1.29, 1.82) is 0 Å². The molecule has 2 aromatic carbocycles. The summed E-state index contributed by atoms with van der Waals surface area (Å²) in [7, 11) is 1.55. The van der Waals surface area contributed by atoms with Gasteiger partial charge < -0.3 is 14.8 Å². The molecule has 1 unspecified atom stereocenters. The average molecular weight is 428 g/mol. The van der Waals surface area contributed by atoms with E-state index in [1.165, 1.54) is 11.8 Å². The third-order valence-electron chi connectivity index (χ3n) is 4.49. The lowest BCUT2D eigenvalue weighted by molar-refractivity contribution is -0.129. The minimum absolute atomic E-state index is 0.113. The van der Waals surface area contributed by atoms with Crippen molar-refractivity contribution < 1.29 is 19.1 Å². The number of amidine groups is 1. The lowest BCUT2D eigenvalue weighted by Crippen LogP contribution is -2.45. The van der Waals surface area contributed by atoms with Crippen LogP contribution in [0.4, 0.5) is 11.4 Å². The number of rotatable bonds is 7. The van der Waals surface area contributed by atoms with E-state index in [1.807, 2.05) is 50.2 Å². The van der Waals surface area contributed by atoms with Gasteiger partial charge in [-0.3, -0.25) is 14.5 Å². The monoisotopic (exact) mass is 427 g/mol. The van der Waals surface area contributed by atoms with E-state index in [-0.39, 0.29) is 18.2 Å². The summed E-state index contributed by atoms with van der Waals surface area (Å²) in [6, 6.07) is 14.5. The number of benzene rings is 2. The first-order chi connectivity index (χ1) is 14.5.